The van der Waals surface area contributed by atoms with Gasteiger partial charge < -0.3 is 15.2 Å². The van der Waals surface area contributed by atoms with E-state index in [4.69, 9.17) is 4.74 Å². The Kier molecular flexibility index (Phi) is 10.6. The molecule has 0 bridgehead atoms. The van der Waals surface area contributed by atoms with Gasteiger partial charge in [0, 0.05) is 37.1 Å². The van der Waals surface area contributed by atoms with Gasteiger partial charge in [-0.2, -0.15) is 0 Å². The number of benzene rings is 3. The molecule has 0 saturated carbocycles. The molecule has 0 unspecified atom stereocenters. The highest BCUT2D eigenvalue weighted by Gasteiger charge is 2.32. The van der Waals surface area contributed by atoms with E-state index in [0.717, 1.165) is 30.2 Å². The summed E-state index contributed by atoms with van der Waals surface area (Å²) in [6.45, 7) is 4.05. The Morgan fingerprint density at radius 2 is 1.64 bits per heavy atom. The van der Waals surface area contributed by atoms with Crippen LogP contribution < -0.4 is 14.8 Å². The average molecular weight is 561 g/mol. The highest BCUT2D eigenvalue weighted by molar-refractivity contribution is 7.90. The molecule has 0 heterocycles. The van der Waals surface area contributed by atoms with Crippen molar-refractivity contribution >= 4 is 15.9 Å². The standard InChI is InChI=1S/C29H34F2N2O5S/c1-4-19-8-6-9-20(12-19)17-32-18-25(34)24(15-21-13-22(30)16-23(31)14-21)29-26(38-3)10-7-11-27(29)39(36,37)33-28(35)5-2/h6-14,16,24-25,32,34H,4-5,15,17-18H2,1-3H3,(H,33,35)/t24-,25+/m1/s1. The lowest BCUT2D eigenvalue weighted by atomic mass is 9.86. The molecule has 0 fully saturated rings. The number of aliphatic hydroxyl groups excluding tert-OH is 1. The molecule has 10 heteroatoms. The summed E-state index contributed by atoms with van der Waals surface area (Å²) in [6, 6.07) is 15.3. The number of hydrogen-bond donors (Lipinski definition) is 3. The Morgan fingerprint density at radius 1 is 0.974 bits per heavy atom. The number of sulfonamides is 1. The van der Waals surface area contributed by atoms with E-state index in [-0.39, 0.29) is 41.2 Å². The second kappa shape index (κ2) is 13.6. The minimum Gasteiger partial charge on any atom is -0.496 e. The predicted octanol–water partition coefficient (Wildman–Crippen LogP) is 4.23. The summed E-state index contributed by atoms with van der Waals surface area (Å²) in [5.74, 6) is -3.12. The number of rotatable bonds is 13. The Hall–Kier alpha value is -3.34. The maximum Gasteiger partial charge on any atom is 0.264 e. The Bertz CT molecular complexity index is 1380. The summed E-state index contributed by atoms with van der Waals surface area (Å²) in [5.41, 5.74) is 2.49. The summed E-state index contributed by atoms with van der Waals surface area (Å²) in [6.07, 6.45) is -0.482. The van der Waals surface area contributed by atoms with Gasteiger partial charge in [-0.25, -0.2) is 21.9 Å². The molecule has 3 rings (SSSR count). The molecule has 2 atom stereocenters. The lowest BCUT2D eigenvalue weighted by Crippen LogP contribution is -2.35. The maximum absolute atomic E-state index is 14.0. The molecule has 210 valence electrons. The van der Waals surface area contributed by atoms with Crippen LogP contribution >= 0.6 is 0 Å². The molecule has 3 aromatic rings. The van der Waals surface area contributed by atoms with E-state index in [2.05, 4.69) is 12.2 Å². The number of carbonyl (C=O) groups excluding carboxylic acids is 1. The normalized spacial score (nSPS) is 13.1. The van der Waals surface area contributed by atoms with Gasteiger partial charge in [0.05, 0.1) is 18.1 Å². The highest BCUT2D eigenvalue weighted by Crippen LogP contribution is 2.37. The third-order valence-corrected chi connectivity index (χ3v) is 7.83. The van der Waals surface area contributed by atoms with Crippen molar-refractivity contribution in [1.29, 1.82) is 0 Å². The Morgan fingerprint density at radius 3 is 2.28 bits per heavy atom. The van der Waals surface area contributed by atoms with Crippen LogP contribution in [0, 0.1) is 11.6 Å². The maximum atomic E-state index is 14.0. The van der Waals surface area contributed by atoms with E-state index in [1.54, 1.807) is 0 Å². The highest BCUT2D eigenvalue weighted by atomic mass is 32.2. The summed E-state index contributed by atoms with van der Waals surface area (Å²) in [5, 5.41) is 14.6. The smallest absolute Gasteiger partial charge is 0.264 e. The number of hydrogen-bond acceptors (Lipinski definition) is 6. The lowest BCUT2D eigenvalue weighted by Gasteiger charge is -2.28. The number of aliphatic hydroxyl groups is 1. The number of amides is 1. The summed E-state index contributed by atoms with van der Waals surface area (Å²) in [7, 11) is -3.00. The van der Waals surface area contributed by atoms with Crippen LogP contribution in [0.15, 0.2) is 65.6 Å². The fourth-order valence-electron chi connectivity index (χ4n) is 4.46. The van der Waals surface area contributed by atoms with Crippen molar-refractivity contribution in [3.05, 3.63) is 94.6 Å². The van der Waals surface area contributed by atoms with Crippen molar-refractivity contribution in [2.75, 3.05) is 13.7 Å². The summed E-state index contributed by atoms with van der Waals surface area (Å²) < 4.78 is 62.1. The Balaban J connectivity index is 2.02. The number of halogens is 2. The quantitative estimate of drug-likeness (QED) is 0.289. The van der Waals surface area contributed by atoms with Crippen molar-refractivity contribution in [3.8, 4) is 5.75 Å². The molecule has 3 aromatic carbocycles. The van der Waals surface area contributed by atoms with Crippen molar-refractivity contribution in [2.45, 2.75) is 56.6 Å². The molecule has 0 radical (unpaired) electrons. The number of aryl methyl sites for hydroxylation is 1. The predicted molar refractivity (Wildman–Crippen MR) is 145 cm³/mol. The molecule has 0 spiro atoms. The first-order chi connectivity index (χ1) is 18.6. The molecule has 1 amide bonds. The van der Waals surface area contributed by atoms with Gasteiger partial charge in [-0.3, -0.25) is 4.79 Å². The molecule has 39 heavy (non-hydrogen) atoms. The first-order valence-corrected chi connectivity index (χ1v) is 14.2. The van der Waals surface area contributed by atoms with Gasteiger partial charge in [0.1, 0.15) is 17.4 Å². The second-order valence-electron chi connectivity index (χ2n) is 9.21. The molecule has 0 aliphatic rings. The van der Waals surface area contributed by atoms with Gasteiger partial charge in [0.2, 0.25) is 5.91 Å². The van der Waals surface area contributed by atoms with E-state index < -0.39 is 39.6 Å². The van der Waals surface area contributed by atoms with Gasteiger partial charge in [0.15, 0.2) is 0 Å². The SMILES string of the molecule is CCC(=O)NS(=O)(=O)c1cccc(OC)c1[C@H](Cc1cc(F)cc(F)c1)[C@@H](O)CNCc1cccc(CC)c1. The van der Waals surface area contributed by atoms with Crippen LogP contribution in [0.2, 0.25) is 0 Å². The number of methoxy groups -OCH3 is 1. The fourth-order valence-corrected chi connectivity index (χ4v) is 5.81. The van der Waals surface area contributed by atoms with E-state index in [0.29, 0.717) is 6.54 Å². The van der Waals surface area contributed by atoms with Crippen LogP contribution in [-0.2, 0) is 34.2 Å². The van der Waals surface area contributed by atoms with Gasteiger partial charge in [-0.1, -0.05) is 44.2 Å². The number of ether oxygens (including phenoxy) is 1. The van der Waals surface area contributed by atoms with Crippen molar-refractivity contribution in [3.63, 3.8) is 0 Å². The summed E-state index contributed by atoms with van der Waals surface area (Å²) in [4.78, 5) is 11.7. The van der Waals surface area contributed by atoms with Crippen LogP contribution in [0.25, 0.3) is 0 Å². The molecule has 0 aliphatic carbocycles. The molecule has 0 aliphatic heterocycles. The zero-order valence-corrected chi connectivity index (χ0v) is 23.0. The average Bonchev–Trinajstić information content (AvgIpc) is 2.90. The van der Waals surface area contributed by atoms with Crippen LogP contribution in [0.1, 0.15) is 48.4 Å². The zero-order chi connectivity index (χ0) is 28.6. The second-order valence-corrected chi connectivity index (χ2v) is 10.9. The van der Waals surface area contributed by atoms with E-state index in [1.165, 1.54) is 37.8 Å². The van der Waals surface area contributed by atoms with Crippen LogP contribution in [-0.4, -0.2) is 39.2 Å². The first kappa shape index (κ1) is 30.2. The monoisotopic (exact) mass is 560 g/mol. The number of nitrogens with one attached hydrogen (secondary N) is 2. The van der Waals surface area contributed by atoms with Crippen LogP contribution in [0.3, 0.4) is 0 Å². The topological polar surface area (TPSA) is 105 Å². The molecule has 7 nitrogen and oxygen atoms in total. The van der Waals surface area contributed by atoms with Crippen LogP contribution in [0.5, 0.6) is 5.75 Å². The lowest BCUT2D eigenvalue weighted by molar-refractivity contribution is -0.119. The first-order valence-electron chi connectivity index (χ1n) is 12.7. The van der Waals surface area contributed by atoms with E-state index in [1.807, 2.05) is 29.0 Å². The van der Waals surface area contributed by atoms with E-state index in [9.17, 15) is 27.1 Å². The van der Waals surface area contributed by atoms with Gasteiger partial charge in [-0.15, -0.1) is 0 Å². The zero-order valence-electron chi connectivity index (χ0n) is 22.2. The minimum atomic E-state index is -4.35. The molecular formula is C29H34F2N2O5S. The third kappa shape index (κ3) is 8.08. The third-order valence-electron chi connectivity index (χ3n) is 6.40. The fraction of sp³-hybridized carbons (Fsp3) is 0.345. The summed E-state index contributed by atoms with van der Waals surface area (Å²) >= 11 is 0. The minimum absolute atomic E-state index is 0.0394. The molecule has 3 N–H and O–H groups in total. The van der Waals surface area contributed by atoms with Gasteiger partial charge in [-0.05, 0) is 53.8 Å². The Labute approximate surface area is 228 Å². The molecule has 0 saturated heterocycles. The van der Waals surface area contributed by atoms with Gasteiger partial charge in [0.25, 0.3) is 10.0 Å². The number of carbonyl (C=O) groups is 1. The molecular weight excluding hydrogens is 526 g/mol. The van der Waals surface area contributed by atoms with Crippen molar-refractivity contribution in [1.82, 2.24) is 10.0 Å². The van der Waals surface area contributed by atoms with Crippen molar-refractivity contribution in [2.24, 2.45) is 0 Å². The van der Waals surface area contributed by atoms with E-state index >= 15 is 0 Å². The molecule has 0 aromatic heterocycles. The van der Waals surface area contributed by atoms with Crippen molar-refractivity contribution < 1.29 is 31.8 Å². The largest absolute Gasteiger partial charge is 0.496 e. The van der Waals surface area contributed by atoms with Crippen LogP contribution in [0.4, 0.5) is 8.78 Å². The van der Waals surface area contributed by atoms with Gasteiger partial charge >= 0.3 is 0 Å².